The standard InChI is InChI=1S/3C4H7.Sn/c3*1-3-4-2;/h3*1,3H,4H2,2H3;/q;;;+1. The number of allylic oxidation sites excluding steroid dienone is 3. The van der Waals surface area contributed by atoms with Crippen LogP contribution in [0.25, 0.3) is 0 Å². The number of rotatable bonds is 6. The average Bonchev–Trinajstić information content (AvgIpc) is 2.17. The van der Waals surface area contributed by atoms with E-state index in [1.165, 1.54) is 19.3 Å². The Morgan fingerprint density at radius 1 is 0.692 bits per heavy atom. The molecule has 0 aromatic heterocycles. The Bertz CT molecular complexity index is 144. The first-order valence-electron chi connectivity index (χ1n) is 5.21. The third-order valence-corrected chi connectivity index (χ3v) is 6.95. The third kappa shape index (κ3) is 8.35. The Hall–Kier alpha value is 0.0187. The summed E-state index contributed by atoms with van der Waals surface area (Å²) in [6.45, 7) is 6.60. The molecule has 0 N–H and O–H groups in total. The first-order chi connectivity index (χ1) is 6.35. The summed E-state index contributed by atoms with van der Waals surface area (Å²) in [5.41, 5.74) is 0. The summed E-state index contributed by atoms with van der Waals surface area (Å²) in [4.78, 5) is 0. The molecule has 0 aliphatic carbocycles. The van der Waals surface area contributed by atoms with Crippen molar-refractivity contribution in [3.8, 4) is 0 Å². The molecule has 0 nitrogen and oxygen atoms in total. The summed E-state index contributed by atoms with van der Waals surface area (Å²) < 4.78 is 7.38. The fourth-order valence-electron chi connectivity index (χ4n) is 0.928. The van der Waals surface area contributed by atoms with Crippen LogP contribution in [0.1, 0.15) is 40.0 Å². The van der Waals surface area contributed by atoms with Crippen molar-refractivity contribution >= 4 is 19.8 Å². The van der Waals surface area contributed by atoms with Gasteiger partial charge in [0.05, 0.1) is 0 Å². The van der Waals surface area contributed by atoms with Crippen LogP contribution in [0.5, 0.6) is 0 Å². The Kier molecular flexibility index (Phi) is 10.1. The predicted molar refractivity (Wildman–Crippen MR) is 64.0 cm³/mol. The average molecular weight is 284 g/mol. The van der Waals surface area contributed by atoms with Gasteiger partial charge in [0.25, 0.3) is 0 Å². The van der Waals surface area contributed by atoms with Crippen molar-refractivity contribution < 1.29 is 0 Å². The van der Waals surface area contributed by atoms with Crippen molar-refractivity contribution in [1.82, 2.24) is 0 Å². The number of hydrogen-bond acceptors (Lipinski definition) is 0. The van der Waals surface area contributed by atoms with Crippen LogP contribution in [-0.2, 0) is 0 Å². The van der Waals surface area contributed by atoms with E-state index in [-0.39, 0.29) is 0 Å². The van der Waals surface area contributed by atoms with Gasteiger partial charge >= 0.3 is 90.3 Å². The molecule has 0 heterocycles. The molecule has 0 atom stereocenters. The van der Waals surface area contributed by atoms with Crippen LogP contribution in [0.3, 0.4) is 0 Å². The minimum atomic E-state index is -1.38. The van der Waals surface area contributed by atoms with Gasteiger partial charge in [0.15, 0.2) is 0 Å². The van der Waals surface area contributed by atoms with Gasteiger partial charge in [-0.1, -0.05) is 0 Å². The first kappa shape index (κ1) is 13.0. The topological polar surface area (TPSA) is 0 Å². The summed E-state index contributed by atoms with van der Waals surface area (Å²) in [6.07, 6.45) is 10.5. The maximum absolute atomic E-state index is 2.46. The van der Waals surface area contributed by atoms with Gasteiger partial charge in [-0.05, 0) is 0 Å². The van der Waals surface area contributed by atoms with Crippen LogP contribution in [0.2, 0.25) is 0 Å². The van der Waals surface area contributed by atoms with Gasteiger partial charge in [-0.25, -0.2) is 0 Å². The van der Waals surface area contributed by atoms with Crippen molar-refractivity contribution in [3.63, 3.8) is 0 Å². The van der Waals surface area contributed by atoms with Crippen molar-refractivity contribution in [3.05, 3.63) is 30.5 Å². The summed E-state index contributed by atoms with van der Waals surface area (Å²) in [6, 6.07) is 0. The van der Waals surface area contributed by atoms with Gasteiger partial charge in [0.1, 0.15) is 0 Å². The van der Waals surface area contributed by atoms with Crippen molar-refractivity contribution in [2.24, 2.45) is 0 Å². The quantitative estimate of drug-likeness (QED) is 0.647. The molecule has 13 heavy (non-hydrogen) atoms. The fraction of sp³-hybridized carbons (Fsp3) is 0.500. The predicted octanol–water partition coefficient (Wildman–Crippen LogP) is 4.00. The zero-order valence-electron chi connectivity index (χ0n) is 9.09. The molecule has 0 fully saturated rings. The van der Waals surface area contributed by atoms with Crippen LogP contribution < -0.4 is 0 Å². The van der Waals surface area contributed by atoms with Crippen LogP contribution in [0.15, 0.2) is 30.5 Å². The van der Waals surface area contributed by atoms with Gasteiger partial charge < -0.3 is 0 Å². The van der Waals surface area contributed by atoms with Crippen molar-refractivity contribution in [2.45, 2.75) is 40.0 Å². The Morgan fingerprint density at radius 3 is 1.23 bits per heavy atom. The van der Waals surface area contributed by atoms with E-state index in [2.05, 4.69) is 51.3 Å². The molecule has 0 radical (unpaired) electrons. The number of hydrogen-bond donors (Lipinski definition) is 0. The van der Waals surface area contributed by atoms with Crippen LogP contribution in [-0.4, -0.2) is 19.8 Å². The molecule has 0 spiro atoms. The molecule has 0 aliphatic heterocycles. The Morgan fingerprint density at radius 2 is 1.00 bits per heavy atom. The molecule has 0 saturated heterocycles. The molecule has 72 valence electrons. The maximum atomic E-state index is 2.46. The van der Waals surface area contributed by atoms with Crippen LogP contribution >= 0.6 is 0 Å². The van der Waals surface area contributed by atoms with E-state index in [9.17, 15) is 0 Å². The second-order valence-corrected chi connectivity index (χ2v) is 8.64. The van der Waals surface area contributed by atoms with E-state index < -0.39 is 19.8 Å². The van der Waals surface area contributed by atoms with E-state index in [0.29, 0.717) is 0 Å². The van der Waals surface area contributed by atoms with Crippen molar-refractivity contribution in [1.29, 1.82) is 0 Å². The second kappa shape index (κ2) is 10.1. The fourth-order valence-corrected chi connectivity index (χ4v) is 6.23. The van der Waals surface area contributed by atoms with Crippen LogP contribution in [0.4, 0.5) is 0 Å². The van der Waals surface area contributed by atoms with Gasteiger partial charge in [-0.2, -0.15) is 0 Å². The van der Waals surface area contributed by atoms with E-state index in [0.717, 1.165) is 0 Å². The molecule has 0 unspecified atom stereocenters. The van der Waals surface area contributed by atoms with E-state index in [1.807, 2.05) is 0 Å². The third-order valence-electron chi connectivity index (χ3n) is 1.64. The zero-order chi connectivity index (χ0) is 9.94. The van der Waals surface area contributed by atoms with E-state index in [4.69, 9.17) is 0 Å². The summed E-state index contributed by atoms with van der Waals surface area (Å²) in [7, 11) is 0. The molecular formula is C12H21Sn+. The molecule has 0 bridgehead atoms. The summed E-state index contributed by atoms with van der Waals surface area (Å²) >= 11 is -1.38. The Labute approximate surface area is 90.2 Å². The van der Waals surface area contributed by atoms with E-state index >= 15 is 0 Å². The van der Waals surface area contributed by atoms with Gasteiger partial charge in [-0.3, -0.25) is 0 Å². The zero-order valence-corrected chi connectivity index (χ0v) is 11.9. The summed E-state index contributed by atoms with van der Waals surface area (Å²) in [5.74, 6) is 0. The molecule has 0 saturated carbocycles. The second-order valence-electron chi connectivity index (χ2n) is 2.93. The van der Waals surface area contributed by atoms with Crippen molar-refractivity contribution in [2.75, 3.05) is 0 Å². The molecule has 0 amide bonds. The summed E-state index contributed by atoms with van der Waals surface area (Å²) in [5, 5.41) is 0. The molecule has 0 aromatic carbocycles. The SMILES string of the molecule is CC/C=[CH]/[Sn+](/[CH]=C/CC)/[CH]=C/CC. The van der Waals surface area contributed by atoms with Gasteiger partial charge in [0, 0.05) is 0 Å². The van der Waals surface area contributed by atoms with Crippen LogP contribution in [0, 0.1) is 0 Å². The Balaban J connectivity index is 4.10. The van der Waals surface area contributed by atoms with Gasteiger partial charge in [0.2, 0.25) is 0 Å². The molecule has 0 aliphatic rings. The molecule has 1 heteroatoms. The molecule has 0 aromatic rings. The minimum absolute atomic E-state index is 1.17. The first-order valence-corrected chi connectivity index (χ1v) is 10.2. The monoisotopic (exact) mass is 285 g/mol. The molecule has 0 rings (SSSR count). The normalized spacial score (nSPS) is 12.2. The van der Waals surface area contributed by atoms with E-state index in [1.54, 1.807) is 0 Å². The van der Waals surface area contributed by atoms with Gasteiger partial charge in [-0.15, -0.1) is 0 Å². The molecular weight excluding hydrogens is 263 g/mol.